The molecule has 0 bridgehead atoms. The fraction of sp³-hybridized carbons (Fsp3) is 0.800. The first-order chi connectivity index (χ1) is 4.22. The van der Waals surface area contributed by atoms with Gasteiger partial charge in [-0.2, -0.15) is 0 Å². The molecule has 0 saturated heterocycles. The fourth-order valence-corrected chi connectivity index (χ4v) is 0.320. The van der Waals surface area contributed by atoms with Gasteiger partial charge in [0.1, 0.15) is 0 Å². The van der Waals surface area contributed by atoms with Gasteiger partial charge in [-0.25, -0.2) is 5.48 Å². The molecule has 1 amide bonds. The Balaban J connectivity index is 3.46. The summed E-state index contributed by atoms with van der Waals surface area (Å²) in [6, 6.07) is -0.204. The van der Waals surface area contributed by atoms with Crippen molar-refractivity contribution in [2.45, 2.75) is 13.0 Å². The van der Waals surface area contributed by atoms with Gasteiger partial charge in [-0.1, -0.05) is 0 Å². The Morgan fingerprint density at radius 3 is 2.56 bits per heavy atom. The van der Waals surface area contributed by atoms with Crippen LogP contribution in [0.4, 0.5) is 0 Å². The van der Waals surface area contributed by atoms with Crippen LogP contribution in [0.25, 0.3) is 0 Å². The molecule has 0 unspecified atom stereocenters. The minimum atomic E-state index is -0.204. The molecule has 0 aromatic heterocycles. The predicted molar refractivity (Wildman–Crippen MR) is 33.7 cm³/mol. The molecule has 0 saturated carbocycles. The van der Waals surface area contributed by atoms with E-state index >= 15 is 0 Å². The summed E-state index contributed by atoms with van der Waals surface area (Å²) in [6.07, 6.45) is 0. The third-order valence-corrected chi connectivity index (χ3v) is 1.03. The van der Waals surface area contributed by atoms with Crippen LogP contribution < -0.4 is 10.8 Å². The lowest BCUT2D eigenvalue weighted by Gasteiger charge is -2.07. The number of hydroxylamine groups is 1. The van der Waals surface area contributed by atoms with Crippen molar-refractivity contribution in [1.29, 1.82) is 0 Å². The molecule has 54 valence electrons. The Hall–Kier alpha value is -0.610. The first-order valence-electron chi connectivity index (χ1n) is 2.72. The summed E-state index contributed by atoms with van der Waals surface area (Å²) in [5, 5.41) is 2.76. The van der Waals surface area contributed by atoms with Gasteiger partial charge in [-0.3, -0.25) is 9.63 Å². The van der Waals surface area contributed by atoms with Gasteiger partial charge in [0.25, 0.3) is 5.91 Å². The zero-order chi connectivity index (χ0) is 7.28. The average molecular weight is 132 g/mol. The molecule has 2 N–H and O–H groups in total. The van der Waals surface area contributed by atoms with Crippen LogP contribution in [-0.2, 0) is 9.63 Å². The predicted octanol–water partition coefficient (Wildman–Crippen LogP) is -0.728. The number of carbonyl (C=O) groups excluding carboxylic acids is 1. The summed E-state index contributed by atoms with van der Waals surface area (Å²) in [5.74, 6) is -0.167. The topological polar surface area (TPSA) is 50.4 Å². The van der Waals surface area contributed by atoms with E-state index in [-0.39, 0.29) is 11.9 Å². The molecule has 4 heteroatoms. The summed E-state index contributed by atoms with van der Waals surface area (Å²) >= 11 is 0. The lowest BCUT2D eigenvalue weighted by atomic mass is 10.3. The Labute approximate surface area is 54.5 Å². The van der Waals surface area contributed by atoms with Gasteiger partial charge < -0.3 is 5.32 Å². The zero-order valence-electron chi connectivity index (χ0n) is 5.89. The van der Waals surface area contributed by atoms with Crippen LogP contribution in [0.2, 0.25) is 0 Å². The number of hydrogen-bond donors (Lipinski definition) is 2. The van der Waals surface area contributed by atoms with Crippen LogP contribution in [0.5, 0.6) is 0 Å². The SMILES string of the molecule is CN[C@@H](C)C(=O)NOC. The van der Waals surface area contributed by atoms with Crippen molar-refractivity contribution < 1.29 is 9.63 Å². The van der Waals surface area contributed by atoms with Crippen molar-refractivity contribution in [2.75, 3.05) is 14.2 Å². The van der Waals surface area contributed by atoms with E-state index in [0.717, 1.165) is 0 Å². The van der Waals surface area contributed by atoms with E-state index in [1.165, 1.54) is 7.11 Å². The molecule has 0 radical (unpaired) electrons. The average Bonchev–Trinajstić information content (AvgIpc) is 1.87. The molecule has 0 aromatic rings. The molecule has 0 aromatic carbocycles. The van der Waals surface area contributed by atoms with Crippen molar-refractivity contribution in [3.8, 4) is 0 Å². The molecule has 0 aliphatic carbocycles. The summed E-state index contributed by atoms with van der Waals surface area (Å²) in [4.78, 5) is 15.1. The van der Waals surface area contributed by atoms with Crippen molar-refractivity contribution in [3.63, 3.8) is 0 Å². The van der Waals surface area contributed by atoms with Crippen molar-refractivity contribution in [2.24, 2.45) is 0 Å². The van der Waals surface area contributed by atoms with Crippen LogP contribution in [0, 0.1) is 0 Å². The highest BCUT2D eigenvalue weighted by molar-refractivity contribution is 5.80. The lowest BCUT2D eigenvalue weighted by Crippen LogP contribution is -2.39. The Morgan fingerprint density at radius 2 is 2.22 bits per heavy atom. The van der Waals surface area contributed by atoms with Crippen molar-refractivity contribution in [1.82, 2.24) is 10.8 Å². The third kappa shape index (κ3) is 3.05. The first kappa shape index (κ1) is 8.39. The quantitative estimate of drug-likeness (QED) is 0.498. The highest BCUT2D eigenvalue weighted by Crippen LogP contribution is 1.76. The molecular weight excluding hydrogens is 120 g/mol. The highest BCUT2D eigenvalue weighted by atomic mass is 16.6. The van der Waals surface area contributed by atoms with Gasteiger partial charge in [0, 0.05) is 0 Å². The van der Waals surface area contributed by atoms with E-state index in [4.69, 9.17) is 0 Å². The molecule has 0 fully saturated rings. The van der Waals surface area contributed by atoms with Crippen LogP contribution in [0.3, 0.4) is 0 Å². The van der Waals surface area contributed by atoms with Gasteiger partial charge in [-0.05, 0) is 14.0 Å². The highest BCUT2D eigenvalue weighted by Gasteiger charge is 2.07. The second-order valence-corrected chi connectivity index (χ2v) is 1.68. The number of rotatable bonds is 3. The molecule has 0 rings (SSSR count). The minimum Gasteiger partial charge on any atom is -0.309 e. The van der Waals surface area contributed by atoms with Crippen molar-refractivity contribution >= 4 is 5.91 Å². The Kier molecular flexibility index (Phi) is 4.00. The number of likely N-dealkylation sites (N-methyl/N-ethyl adjacent to an activating group) is 1. The summed E-state index contributed by atoms with van der Waals surface area (Å²) in [7, 11) is 3.11. The number of amides is 1. The maximum absolute atomic E-state index is 10.7. The maximum Gasteiger partial charge on any atom is 0.260 e. The maximum atomic E-state index is 10.7. The zero-order valence-corrected chi connectivity index (χ0v) is 5.89. The minimum absolute atomic E-state index is 0.167. The molecule has 0 aliphatic heterocycles. The fourth-order valence-electron chi connectivity index (χ4n) is 0.320. The molecule has 9 heavy (non-hydrogen) atoms. The Morgan fingerprint density at radius 1 is 1.67 bits per heavy atom. The number of hydrogen-bond acceptors (Lipinski definition) is 3. The lowest BCUT2D eigenvalue weighted by molar-refractivity contribution is -0.132. The molecule has 0 heterocycles. The third-order valence-electron chi connectivity index (χ3n) is 1.03. The van der Waals surface area contributed by atoms with Crippen LogP contribution >= 0.6 is 0 Å². The van der Waals surface area contributed by atoms with E-state index < -0.39 is 0 Å². The van der Waals surface area contributed by atoms with Crippen LogP contribution in [0.15, 0.2) is 0 Å². The molecule has 0 aliphatic rings. The van der Waals surface area contributed by atoms with Crippen molar-refractivity contribution in [3.05, 3.63) is 0 Å². The van der Waals surface area contributed by atoms with E-state index in [0.29, 0.717) is 0 Å². The summed E-state index contributed by atoms with van der Waals surface area (Å²) in [5.41, 5.74) is 2.19. The number of carbonyl (C=O) groups is 1. The van der Waals surface area contributed by atoms with Gasteiger partial charge in [0.2, 0.25) is 0 Å². The van der Waals surface area contributed by atoms with Gasteiger partial charge in [0.05, 0.1) is 13.2 Å². The van der Waals surface area contributed by atoms with Gasteiger partial charge >= 0.3 is 0 Å². The monoisotopic (exact) mass is 132 g/mol. The smallest absolute Gasteiger partial charge is 0.260 e. The summed E-state index contributed by atoms with van der Waals surface area (Å²) in [6.45, 7) is 1.74. The van der Waals surface area contributed by atoms with E-state index in [1.807, 2.05) is 0 Å². The van der Waals surface area contributed by atoms with E-state index in [9.17, 15) is 4.79 Å². The molecule has 0 spiro atoms. The van der Waals surface area contributed by atoms with Gasteiger partial charge in [-0.15, -0.1) is 0 Å². The normalized spacial score (nSPS) is 12.8. The second-order valence-electron chi connectivity index (χ2n) is 1.68. The summed E-state index contributed by atoms with van der Waals surface area (Å²) < 4.78 is 0. The second kappa shape index (κ2) is 4.29. The molecule has 1 atom stereocenters. The largest absolute Gasteiger partial charge is 0.309 e. The van der Waals surface area contributed by atoms with E-state index in [1.54, 1.807) is 14.0 Å². The first-order valence-corrected chi connectivity index (χ1v) is 2.72. The van der Waals surface area contributed by atoms with E-state index in [2.05, 4.69) is 15.6 Å². The molecular formula is C5H12N2O2. The molecule has 4 nitrogen and oxygen atoms in total. The van der Waals surface area contributed by atoms with Crippen LogP contribution in [-0.4, -0.2) is 26.1 Å². The standard InChI is InChI=1S/C5H12N2O2/c1-4(6-2)5(8)7-9-3/h4,6H,1-3H3,(H,7,8)/t4-/m0/s1. The van der Waals surface area contributed by atoms with Crippen LogP contribution in [0.1, 0.15) is 6.92 Å². The Bertz CT molecular complexity index is 95.0. The van der Waals surface area contributed by atoms with Gasteiger partial charge in [0.15, 0.2) is 0 Å². The number of nitrogens with one attached hydrogen (secondary N) is 2.